The third kappa shape index (κ3) is 6.64. The molecule has 0 bridgehead atoms. The Morgan fingerprint density at radius 2 is 1.10 bits per heavy atom. The van der Waals surface area contributed by atoms with Gasteiger partial charge in [-0.3, -0.25) is 0 Å². The van der Waals surface area contributed by atoms with Crippen molar-refractivity contribution < 1.29 is 18.3 Å². The summed E-state index contributed by atoms with van der Waals surface area (Å²) in [6.45, 7) is 38.2. The van der Waals surface area contributed by atoms with Crippen LogP contribution in [0.1, 0.15) is 162 Å². The summed E-state index contributed by atoms with van der Waals surface area (Å²) in [5, 5.41) is 0. The SMILES string of the molecule is Cl.Cl.[CH2]=[Zr]([C]1=CC(C(C)(C)C)=CC1CC)([C]1=C(C)c2cc3c(cc2C1(C)C)Cc1cc2c(cc1-3)C(C)=CC2(C)C)([c]1ccc(C(C)(C)C)cc1)[c]1ccc(C(C)(C)C)cc1. The zero-order valence-electron chi connectivity index (χ0n) is 39.7. The molecule has 0 nitrogen and oxygen atoms in total. The molecule has 1 unspecified atom stereocenters. The molecule has 4 aromatic carbocycles. The van der Waals surface area contributed by atoms with Crippen LogP contribution >= 0.6 is 24.8 Å². The van der Waals surface area contributed by atoms with Crippen LogP contribution in [0.5, 0.6) is 0 Å². The van der Waals surface area contributed by atoms with Gasteiger partial charge in [-0.15, -0.1) is 24.8 Å². The molecule has 4 aromatic rings. The molecule has 0 amide bonds. The standard InChI is InChI=1S/C25H25.C11H17.2C10H13.CH2.2ClH.Zr/c1-14-12-24(3,4)22-8-16-7-17-9-23-19(15(2)13-25(23,5)6)11-21(17)20(16)10-18(14)22;1-5-9-6-7-10(8-9)11(2,3)4;2*1-10(2,3)9-7-5-4-6-8-9;;;;/h8-12H,7H2,1-6H3;7-9H,5H2,1-4H3;2*5-8H,1-3H3;1H2;2*1H;. The van der Waals surface area contributed by atoms with Crippen LogP contribution in [0, 0.1) is 11.3 Å². The normalized spacial score (nSPS) is 19.1. The van der Waals surface area contributed by atoms with E-state index in [0.717, 1.165) is 12.8 Å². The first-order chi connectivity index (χ1) is 26.7. The van der Waals surface area contributed by atoms with Crippen molar-refractivity contribution in [2.75, 3.05) is 0 Å². The van der Waals surface area contributed by atoms with E-state index in [-0.39, 0.29) is 51.9 Å². The van der Waals surface area contributed by atoms with Crippen LogP contribution in [0.4, 0.5) is 0 Å². The summed E-state index contributed by atoms with van der Waals surface area (Å²) in [4.78, 5) is 0. The van der Waals surface area contributed by atoms with Gasteiger partial charge in [0.1, 0.15) is 0 Å². The van der Waals surface area contributed by atoms with Gasteiger partial charge in [-0.1, -0.05) is 0 Å². The van der Waals surface area contributed by atoms with Crippen molar-refractivity contribution in [3.63, 3.8) is 0 Å². The van der Waals surface area contributed by atoms with Crippen molar-refractivity contribution in [1.82, 2.24) is 0 Å². The van der Waals surface area contributed by atoms with Gasteiger partial charge in [0.25, 0.3) is 0 Å². The molecule has 0 fully saturated rings. The van der Waals surface area contributed by atoms with E-state index in [2.05, 4.69) is 202 Å². The molecule has 60 heavy (non-hydrogen) atoms. The summed E-state index contributed by atoms with van der Waals surface area (Å²) >= 11 is -5.17. The first-order valence-electron chi connectivity index (χ1n) is 22.2. The maximum absolute atomic E-state index is 6.05. The van der Waals surface area contributed by atoms with Crippen LogP contribution in [0.3, 0.4) is 0 Å². The van der Waals surface area contributed by atoms with Crippen molar-refractivity contribution in [1.29, 1.82) is 0 Å². The topological polar surface area (TPSA) is 0 Å². The second-order valence-corrected chi connectivity index (χ2v) is 35.7. The molecule has 8 rings (SSSR count). The molecule has 0 N–H and O–H groups in total. The predicted octanol–water partition coefficient (Wildman–Crippen LogP) is 15.1. The molecule has 0 heterocycles. The fourth-order valence-electron chi connectivity index (χ4n) is 12.1. The molecule has 0 saturated carbocycles. The van der Waals surface area contributed by atoms with E-state index in [1.54, 1.807) is 6.56 Å². The first-order valence-corrected chi connectivity index (χ1v) is 28.8. The fourth-order valence-corrected chi connectivity index (χ4v) is 31.1. The van der Waals surface area contributed by atoms with E-state index >= 15 is 0 Å². The maximum atomic E-state index is 6.05. The molecular formula is C57H72Cl2Zr. The molecule has 318 valence electrons. The molecule has 0 radical (unpaired) electrons. The quantitative estimate of drug-likeness (QED) is 0.165. The Labute approximate surface area is 377 Å². The number of benzene rings is 4. The number of fused-ring (bicyclic) bond motifs is 5. The zero-order chi connectivity index (χ0) is 42.4. The third-order valence-corrected chi connectivity index (χ3v) is 32.8. The first kappa shape index (κ1) is 46.7. The van der Waals surface area contributed by atoms with Gasteiger partial charge >= 0.3 is 356 Å². The average molecular weight is 919 g/mol. The molecule has 0 aromatic heterocycles. The second-order valence-electron chi connectivity index (χ2n) is 23.1. The summed E-state index contributed by atoms with van der Waals surface area (Å²) in [6, 6.07) is 30.2. The van der Waals surface area contributed by atoms with Crippen LogP contribution in [0.2, 0.25) is 0 Å². The molecule has 3 heteroatoms. The van der Waals surface area contributed by atoms with Gasteiger partial charge in [-0.05, 0) is 0 Å². The molecule has 0 saturated heterocycles. The molecule has 0 aliphatic heterocycles. The summed E-state index contributed by atoms with van der Waals surface area (Å²) in [5.74, 6) is 0.321. The van der Waals surface area contributed by atoms with Gasteiger partial charge in [0.15, 0.2) is 0 Å². The molecule has 4 aliphatic rings. The van der Waals surface area contributed by atoms with E-state index < -0.39 is 18.3 Å². The Hall–Kier alpha value is -2.83. The average Bonchev–Trinajstić information content (AvgIpc) is 3.85. The van der Waals surface area contributed by atoms with Gasteiger partial charge in [-0.25, -0.2) is 0 Å². The Morgan fingerprint density at radius 1 is 0.633 bits per heavy atom. The Bertz CT molecular complexity index is 2550. The van der Waals surface area contributed by atoms with E-state index in [4.69, 9.17) is 4.21 Å². The number of allylic oxidation sites excluding steroid dienone is 8. The van der Waals surface area contributed by atoms with Crippen molar-refractivity contribution in [3.05, 3.63) is 148 Å². The van der Waals surface area contributed by atoms with Crippen LogP contribution in [0.25, 0.3) is 22.3 Å². The van der Waals surface area contributed by atoms with Crippen LogP contribution < -0.4 is 6.54 Å². The van der Waals surface area contributed by atoms with Gasteiger partial charge < -0.3 is 0 Å². The van der Waals surface area contributed by atoms with Crippen LogP contribution in [-0.4, -0.2) is 4.21 Å². The van der Waals surface area contributed by atoms with E-state index in [0.29, 0.717) is 5.92 Å². The Morgan fingerprint density at radius 3 is 1.55 bits per heavy atom. The number of halogens is 2. The molecular weight excluding hydrogens is 847 g/mol. The van der Waals surface area contributed by atoms with E-state index in [1.807, 2.05) is 0 Å². The van der Waals surface area contributed by atoms with Crippen LogP contribution in [-0.2, 0) is 46.4 Å². The summed E-state index contributed by atoms with van der Waals surface area (Å²) in [6.07, 6.45) is 9.82. The third-order valence-electron chi connectivity index (χ3n) is 15.3. The second kappa shape index (κ2) is 14.6. The summed E-state index contributed by atoms with van der Waals surface area (Å²) in [5.41, 5.74) is 18.7. The van der Waals surface area contributed by atoms with Crippen molar-refractivity contribution in [2.24, 2.45) is 11.3 Å². The van der Waals surface area contributed by atoms with Crippen molar-refractivity contribution in [2.45, 2.75) is 145 Å². The number of hydrogen-bond acceptors (Lipinski definition) is 0. The minimum atomic E-state index is -5.17. The van der Waals surface area contributed by atoms with E-state index in [1.165, 1.54) is 78.9 Å². The molecule has 4 aliphatic carbocycles. The summed E-state index contributed by atoms with van der Waals surface area (Å²) in [7, 11) is 0. The minimum absolute atomic E-state index is 0. The van der Waals surface area contributed by atoms with Crippen LogP contribution in [0.15, 0.2) is 103 Å². The fraction of sp³-hybridized carbons (Fsp3) is 0.421. The predicted molar refractivity (Wildman–Crippen MR) is 268 cm³/mol. The number of hydrogen-bond donors (Lipinski definition) is 0. The molecule has 0 spiro atoms. The monoisotopic (exact) mass is 916 g/mol. The Kier molecular flexibility index (Phi) is 11.4. The van der Waals surface area contributed by atoms with E-state index in [9.17, 15) is 0 Å². The summed E-state index contributed by atoms with van der Waals surface area (Å²) < 4.78 is 12.2. The number of rotatable bonds is 5. The Balaban J connectivity index is 0.00000302. The van der Waals surface area contributed by atoms with Gasteiger partial charge in [0, 0.05) is 0 Å². The molecule has 1 atom stereocenters. The van der Waals surface area contributed by atoms with Gasteiger partial charge in [0.2, 0.25) is 0 Å². The van der Waals surface area contributed by atoms with Gasteiger partial charge in [0.05, 0.1) is 0 Å². The van der Waals surface area contributed by atoms with Gasteiger partial charge in [-0.2, -0.15) is 0 Å². The van der Waals surface area contributed by atoms with Crippen molar-refractivity contribution in [3.8, 4) is 11.1 Å². The zero-order valence-corrected chi connectivity index (χ0v) is 43.8. The van der Waals surface area contributed by atoms with Crippen molar-refractivity contribution >= 4 is 46.7 Å².